The lowest BCUT2D eigenvalue weighted by Gasteiger charge is -2.33. The van der Waals surface area contributed by atoms with Gasteiger partial charge in [-0.25, -0.2) is 0 Å². The molecule has 0 spiro atoms. The van der Waals surface area contributed by atoms with Crippen LogP contribution in [0.15, 0.2) is 16.8 Å². The Bertz CT molecular complexity index is 288. The third-order valence-electron chi connectivity index (χ3n) is 2.91. The molecule has 1 heterocycles. The predicted octanol–water partition coefficient (Wildman–Crippen LogP) is 2.49. The first kappa shape index (κ1) is 14.6. The monoisotopic (exact) mass is 256 g/mol. The molecular formula is C13H24N2OS. The Balaban J connectivity index is 2.67. The molecule has 0 aliphatic rings. The summed E-state index contributed by atoms with van der Waals surface area (Å²) >= 11 is 1.73. The van der Waals surface area contributed by atoms with Crippen LogP contribution in [0.3, 0.4) is 0 Å². The summed E-state index contributed by atoms with van der Waals surface area (Å²) in [5.74, 6) is 0. The van der Waals surface area contributed by atoms with E-state index in [0.29, 0.717) is 6.04 Å². The maximum atomic E-state index is 6.13. The van der Waals surface area contributed by atoms with E-state index in [1.165, 1.54) is 5.56 Å². The van der Waals surface area contributed by atoms with Crippen LogP contribution in [0, 0.1) is 0 Å². The molecule has 0 saturated heterocycles. The molecule has 0 aliphatic carbocycles. The molecule has 0 radical (unpaired) electrons. The van der Waals surface area contributed by atoms with E-state index in [1.807, 2.05) is 6.92 Å². The van der Waals surface area contributed by atoms with Crippen molar-refractivity contribution < 1.29 is 4.74 Å². The van der Waals surface area contributed by atoms with Crippen LogP contribution in [0.2, 0.25) is 0 Å². The number of nitrogens with zero attached hydrogens (tertiary/aromatic N) is 1. The van der Waals surface area contributed by atoms with Gasteiger partial charge in [0.1, 0.15) is 0 Å². The zero-order chi connectivity index (χ0) is 12.7. The van der Waals surface area contributed by atoms with Crippen LogP contribution in [0.5, 0.6) is 0 Å². The van der Waals surface area contributed by atoms with Crippen LogP contribution < -0.4 is 5.73 Å². The van der Waals surface area contributed by atoms with Gasteiger partial charge in [0.2, 0.25) is 0 Å². The maximum absolute atomic E-state index is 6.13. The van der Waals surface area contributed by atoms with Gasteiger partial charge in [-0.1, -0.05) is 6.92 Å². The van der Waals surface area contributed by atoms with Crippen LogP contribution in [-0.4, -0.2) is 37.2 Å². The number of nitrogens with two attached hydrogens (primary N) is 1. The maximum Gasteiger partial charge on any atom is 0.0593 e. The van der Waals surface area contributed by atoms with Crippen LogP contribution in [0.4, 0.5) is 0 Å². The van der Waals surface area contributed by atoms with Gasteiger partial charge < -0.3 is 10.5 Å². The second-order valence-electron chi connectivity index (χ2n) is 4.19. The Kier molecular flexibility index (Phi) is 6.73. The van der Waals surface area contributed by atoms with E-state index >= 15 is 0 Å². The van der Waals surface area contributed by atoms with Crippen LogP contribution in [0.25, 0.3) is 0 Å². The number of rotatable bonds is 8. The summed E-state index contributed by atoms with van der Waals surface area (Å²) in [7, 11) is 0. The van der Waals surface area contributed by atoms with Crippen molar-refractivity contribution in [3.63, 3.8) is 0 Å². The molecule has 0 aromatic carbocycles. The number of hydrogen-bond donors (Lipinski definition) is 1. The van der Waals surface area contributed by atoms with E-state index in [9.17, 15) is 0 Å². The fraction of sp³-hybridized carbons (Fsp3) is 0.692. The van der Waals surface area contributed by atoms with Crippen molar-refractivity contribution in [2.75, 3.05) is 26.3 Å². The van der Waals surface area contributed by atoms with Crippen molar-refractivity contribution in [2.24, 2.45) is 5.73 Å². The quantitative estimate of drug-likeness (QED) is 0.726. The van der Waals surface area contributed by atoms with Gasteiger partial charge in [0.05, 0.1) is 12.6 Å². The molecule has 0 amide bonds. The zero-order valence-electron chi connectivity index (χ0n) is 11.1. The summed E-state index contributed by atoms with van der Waals surface area (Å²) in [6, 6.07) is 2.60. The molecular weight excluding hydrogens is 232 g/mol. The van der Waals surface area contributed by atoms with Crippen molar-refractivity contribution in [2.45, 2.75) is 32.9 Å². The minimum atomic E-state index is 0.131. The minimum absolute atomic E-state index is 0.131. The Morgan fingerprint density at radius 3 is 2.71 bits per heavy atom. The first-order valence-electron chi connectivity index (χ1n) is 6.30. The highest BCUT2D eigenvalue weighted by Crippen LogP contribution is 2.25. The number of thiophene rings is 1. The fourth-order valence-corrected chi connectivity index (χ4v) is 2.80. The van der Waals surface area contributed by atoms with Gasteiger partial charge in [-0.2, -0.15) is 11.3 Å². The first-order valence-corrected chi connectivity index (χ1v) is 7.24. The number of likely N-dealkylation sites (N-methyl/N-ethyl adjacent to an activating group) is 1. The van der Waals surface area contributed by atoms with E-state index in [2.05, 4.69) is 35.6 Å². The summed E-state index contributed by atoms with van der Waals surface area (Å²) < 4.78 is 5.43. The smallest absolute Gasteiger partial charge is 0.0593 e. The SMILES string of the molecule is CCOCCN(CC)C(c1ccsc1)C(C)N. The van der Waals surface area contributed by atoms with Crippen molar-refractivity contribution in [3.8, 4) is 0 Å². The van der Waals surface area contributed by atoms with E-state index in [1.54, 1.807) is 11.3 Å². The van der Waals surface area contributed by atoms with Gasteiger partial charge in [-0.05, 0) is 42.8 Å². The third-order valence-corrected chi connectivity index (χ3v) is 3.61. The van der Waals surface area contributed by atoms with Crippen molar-refractivity contribution >= 4 is 11.3 Å². The van der Waals surface area contributed by atoms with Gasteiger partial charge >= 0.3 is 0 Å². The lowest BCUT2D eigenvalue weighted by Crippen LogP contribution is -2.40. The molecule has 1 aromatic heterocycles. The lowest BCUT2D eigenvalue weighted by atomic mass is 10.0. The van der Waals surface area contributed by atoms with Gasteiger partial charge in [0, 0.05) is 19.2 Å². The van der Waals surface area contributed by atoms with Gasteiger partial charge in [0.15, 0.2) is 0 Å². The molecule has 1 aromatic rings. The summed E-state index contributed by atoms with van der Waals surface area (Å²) in [5.41, 5.74) is 7.45. The standard InChI is InChI=1S/C13H24N2OS/c1-4-15(7-8-16-5-2)13(11(3)14)12-6-9-17-10-12/h6,9-11,13H,4-5,7-8,14H2,1-3H3. The molecule has 98 valence electrons. The molecule has 0 fully saturated rings. The van der Waals surface area contributed by atoms with E-state index in [0.717, 1.165) is 26.3 Å². The summed E-state index contributed by atoms with van der Waals surface area (Å²) in [6.45, 7) is 9.76. The van der Waals surface area contributed by atoms with Crippen molar-refractivity contribution in [3.05, 3.63) is 22.4 Å². The molecule has 0 aliphatic heterocycles. The Morgan fingerprint density at radius 2 is 2.24 bits per heavy atom. The summed E-state index contributed by atoms with van der Waals surface area (Å²) in [4.78, 5) is 2.39. The average Bonchev–Trinajstić information content (AvgIpc) is 2.80. The highest BCUT2D eigenvalue weighted by molar-refractivity contribution is 7.07. The molecule has 17 heavy (non-hydrogen) atoms. The lowest BCUT2D eigenvalue weighted by molar-refractivity contribution is 0.0910. The molecule has 4 heteroatoms. The van der Waals surface area contributed by atoms with Gasteiger partial charge in [-0.15, -0.1) is 0 Å². The highest BCUT2D eigenvalue weighted by Gasteiger charge is 2.22. The van der Waals surface area contributed by atoms with Gasteiger partial charge in [-0.3, -0.25) is 4.90 Å². The third kappa shape index (κ3) is 4.39. The number of ether oxygens (including phenoxy) is 1. The topological polar surface area (TPSA) is 38.5 Å². The molecule has 2 N–H and O–H groups in total. The summed E-state index contributed by atoms with van der Waals surface area (Å²) in [5, 5.41) is 4.30. The Hall–Kier alpha value is -0.420. The first-order chi connectivity index (χ1) is 8.20. The van der Waals surface area contributed by atoms with E-state index < -0.39 is 0 Å². The molecule has 1 rings (SSSR count). The van der Waals surface area contributed by atoms with Crippen LogP contribution >= 0.6 is 11.3 Å². The number of hydrogen-bond acceptors (Lipinski definition) is 4. The molecule has 0 bridgehead atoms. The predicted molar refractivity (Wildman–Crippen MR) is 74.4 cm³/mol. The summed E-state index contributed by atoms with van der Waals surface area (Å²) in [6.07, 6.45) is 0. The molecule has 2 atom stereocenters. The van der Waals surface area contributed by atoms with Gasteiger partial charge in [0.25, 0.3) is 0 Å². The van der Waals surface area contributed by atoms with Crippen LogP contribution in [0.1, 0.15) is 32.4 Å². The molecule has 3 nitrogen and oxygen atoms in total. The molecule has 0 saturated carbocycles. The molecule has 2 unspecified atom stereocenters. The van der Waals surface area contributed by atoms with E-state index in [-0.39, 0.29) is 6.04 Å². The minimum Gasteiger partial charge on any atom is -0.380 e. The normalized spacial score (nSPS) is 15.1. The van der Waals surface area contributed by atoms with Crippen molar-refractivity contribution in [1.29, 1.82) is 0 Å². The Morgan fingerprint density at radius 1 is 1.47 bits per heavy atom. The Labute approximate surface area is 109 Å². The van der Waals surface area contributed by atoms with Crippen molar-refractivity contribution in [1.82, 2.24) is 4.90 Å². The average molecular weight is 256 g/mol. The fourth-order valence-electron chi connectivity index (χ4n) is 2.11. The second kappa shape index (κ2) is 7.82. The largest absolute Gasteiger partial charge is 0.380 e. The van der Waals surface area contributed by atoms with E-state index in [4.69, 9.17) is 10.5 Å². The van der Waals surface area contributed by atoms with Crippen LogP contribution in [-0.2, 0) is 4.74 Å². The second-order valence-corrected chi connectivity index (χ2v) is 4.97. The highest BCUT2D eigenvalue weighted by atomic mass is 32.1. The zero-order valence-corrected chi connectivity index (χ0v) is 11.9.